The molecule has 1 spiro atoms. The van der Waals surface area contributed by atoms with Crippen LogP contribution >= 0.6 is 0 Å². The molecule has 1 atom stereocenters. The summed E-state index contributed by atoms with van der Waals surface area (Å²) in [5.74, 6) is 0. The van der Waals surface area contributed by atoms with Gasteiger partial charge in [0.25, 0.3) is 0 Å². The highest BCUT2D eigenvalue weighted by molar-refractivity contribution is 5.73. The van der Waals surface area contributed by atoms with Gasteiger partial charge in [0.2, 0.25) is 0 Å². The molecule has 2 aliphatic carbocycles. The van der Waals surface area contributed by atoms with E-state index >= 15 is 0 Å². The molecule has 2 N–H and O–H groups in total. The topological polar surface area (TPSA) is 44.4 Å². The Balaban J connectivity index is 1.64. The van der Waals surface area contributed by atoms with Gasteiger partial charge in [0.15, 0.2) is 0 Å². The highest BCUT2D eigenvalue weighted by Gasteiger charge is 2.46. The van der Waals surface area contributed by atoms with Crippen LogP contribution in [-0.2, 0) is 0 Å². The van der Waals surface area contributed by atoms with Crippen molar-refractivity contribution >= 4 is 6.03 Å². The standard InChI is InChI=1S/C14H27N3O/c1-17(2)13(18)16-11-10-15-12-6-9-14(12)7-4-3-5-8-14/h12,15H,3-11H2,1-2H3,(H,16,18). The van der Waals surface area contributed by atoms with Crippen molar-refractivity contribution in [1.82, 2.24) is 15.5 Å². The van der Waals surface area contributed by atoms with Gasteiger partial charge < -0.3 is 15.5 Å². The Kier molecular flexibility index (Phi) is 4.49. The molecule has 0 saturated heterocycles. The second-order valence-corrected chi connectivity index (χ2v) is 6.09. The van der Waals surface area contributed by atoms with Crippen LogP contribution in [0.5, 0.6) is 0 Å². The quantitative estimate of drug-likeness (QED) is 0.752. The fourth-order valence-electron chi connectivity index (χ4n) is 3.44. The number of nitrogens with one attached hydrogen (secondary N) is 2. The molecule has 2 fully saturated rings. The summed E-state index contributed by atoms with van der Waals surface area (Å²) >= 11 is 0. The van der Waals surface area contributed by atoms with E-state index in [0.717, 1.165) is 13.1 Å². The first kappa shape index (κ1) is 13.7. The Morgan fingerprint density at radius 2 is 1.89 bits per heavy atom. The Hall–Kier alpha value is -0.770. The first-order chi connectivity index (χ1) is 8.64. The number of urea groups is 1. The SMILES string of the molecule is CN(C)C(=O)NCCNC1CCC12CCCCC2. The molecule has 2 amide bonds. The lowest BCUT2D eigenvalue weighted by Gasteiger charge is -2.52. The molecule has 0 heterocycles. The maximum Gasteiger partial charge on any atom is 0.316 e. The zero-order valence-electron chi connectivity index (χ0n) is 11.8. The summed E-state index contributed by atoms with van der Waals surface area (Å²) in [5, 5.41) is 6.54. The highest BCUT2D eigenvalue weighted by Crippen LogP contribution is 2.51. The fraction of sp³-hybridized carbons (Fsp3) is 0.929. The first-order valence-electron chi connectivity index (χ1n) is 7.33. The molecular weight excluding hydrogens is 226 g/mol. The number of carbonyl (C=O) groups is 1. The van der Waals surface area contributed by atoms with Crippen LogP contribution in [0.4, 0.5) is 4.79 Å². The maximum absolute atomic E-state index is 11.4. The van der Waals surface area contributed by atoms with Crippen molar-refractivity contribution in [3.05, 3.63) is 0 Å². The third-order valence-electron chi connectivity index (χ3n) is 4.72. The predicted molar refractivity (Wildman–Crippen MR) is 73.6 cm³/mol. The van der Waals surface area contributed by atoms with E-state index in [0.29, 0.717) is 11.5 Å². The van der Waals surface area contributed by atoms with E-state index in [1.165, 1.54) is 44.9 Å². The van der Waals surface area contributed by atoms with E-state index in [9.17, 15) is 4.79 Å². The van der Waals surface area contributed by atoms with Gasteiger partial charge in [-0.05, 0) is 31.1 Å². The van der Waals surface area contributed by atoms with E-state index < -0.39 is 0 Å². The molecule has 0 radical (unpaired) electrons. The Morgan fingerprint density at radius 3 is 2.44 bits per heavy atom. The summed E-state index contributed by atoms with van der Waals surface area (Å²) in [7, 11) is 3.54. The molecule has 0 aromatic rings. The van der Waals surface area contributed by atoms with Gasteiger partial charge in [0.05, 0.1) is 0 Å². The van der Waals surface area contributed by atoms with Crippen molar-refractivity contribution < 1.29 is 4.79 Å². The summed E-state index contributed by atoms with van der Waals surface area (Å²) in [5.41, 5.74) is 0.615. The van der Waals surface area contributed by atoms with Crippen LogP contribution in [0.15, 0.2) is 0 Å². The number of hydrogen-bond acceptors (Lipinski definition) is 2. The lowest BCUT2D eigenvalue weighted by molar-refractivity contribution is 0.0237. The number of hydrogen-bond donors (Lipinski definition) is 2. The van der Waals surface area contributed by atoms with Gasteiger partial charge in [0.1, 0.15) is 0 Å². The number of nitrogens with zero attached hydrogens (tertiary/aromatic N) is 1. The molecule has 0 bridgehead atoms. The summed E-state index contributed by atoms with van der Waals surface area (Å²) in [6.07, 6.45) is 9.80. The zero-order chi connectivity index (χ0) is 13.0. The lowest BCUT2D eigenvalue weighted by Crippen LogP contribution is -2.55. The molecule has 4 heteroatoms. The lowest BCUT2D eigenvalue weighted by atomic mass is 9.57. The van der Waals surface area contributed by atoms with Crippen LogP contribution in [0, 0.1) is 5.41 Å². The van der Waals surface area contributed by atoms with Crippen LogP contribution in [0.25, 0.3) is 0 Å². The maximum atomic E-state index is 11.4. The van der Waals surface area contributed by atoms with Gasteiger partial charge in [-0.1, -0.05) is 19.3 Å². The van der Waals surface area contributed by atoms with Crippen molar-refractivity contribution in [2.45, 2.75) is 51.0 Å². The van der Waals surface area contributed by atoms with Gasteiger partial charge >= 0.3 is 6.03 Å². The number of amides is 2. The summed E-state index contributed by atoms with van der Waals surface area (Å²) in [4.78, 5) is 12.9. The van der Waals surface area contributed by atoms with Gasteiger partial charge in [-0.15, -0.1) is 0 Å². The van der Waals surface area contributed by atoms with Gasteiger partial charge in [-0.3, -0.25) is 0 Å². The Labute approximate surface area is 110 Å². The fourth-order valence-corrected chi connectivity index (χ4v) is 3.44. The zero-order valence-corrected chi connectivity index (χ0v) is 11.8. The monoisotopic (exact) mass is 253 g/mol. The van der Waals surface area contributed by atoms with Crippen molar-refractivity contribution in [3.63, 3.8) is 0 Å². The van der Waals surface area contributed by atoms with Crippen LogP contribution < -0.4 is 10.6 Å². The second kappa shape index (κ2) is 5.91. The molecule has 4 nitrogen and oxygen atoms in total. The minimum absolute atomic E-state index is 0.00205. The largest absolute Gasteiger partial charge is 0.337 e. The average Bonchev–Trinajstić information content (AvgIpc) is 2.37. The van der Waals surface area contributed by atoms with Gasteiger partial charge in [0, 0.05) is 33.2 Å². The number of carbonyl (C=O) groups excluding carboxylic acids is 1. The van der Waals surface area contributed by atoms with E-state index in [1.54, 1.807) is 19.0 Å². The molecule has 0 aromatic heterocycles. The first-order valence-corrected chi connectivity index (χ1v) is 7.33. The van der Waals surface area contributed by atoms with Crippen LogP contribution in [0.2, 0.25) is 0 Å². The van der Waals surface area contributed by atoms with Crippen molar-refractivity contribution in [2.24, 2.45) is 5.41 Å². The number of rotatable bonds is 4. The van der Waals surface area contributed by atoms with Crippen LogP contribution in [-0.4, -0.2) is 44.2 Å². The van der Waals surface area contributed by atoms with Crippen molar-refractivity contribution in [3.8, 4) is 0 Å². The van der Waals surface area contributed by atoms with Crippen molar-refractivity contribution in [1.29, 1.82) is 0 Å². The molecule has 0 aromatic carbocycles. The molecule has 0 aliphatic heterocycles. The summed E-state index contributed by atoms with van der Waals surface area (Å²) in [6.45, 7) is 1.62. The predicted octanol–water partition coefficient (Wildman–Crippen LogP) is 1.96. The van der Waals surface area contributed by atoms with Gasteiger partial charge in [-0.25, -0.2) is 4.79 Å². The summed E-state index contributed by atoms with van der Waals surface area (Å²) in [6, 6.07) is 0.701. The molecule has 2 saturated carbocycles. The van der Waals surface area contributed by atoms with Crippen molar-refractivity contribution in [2.75, 3.05) is 27.2 Å². The average molecular weight is 253 g/mol. The van der Waals surface area contributed by atoms with Crippen LogP contribution in [0.3, 0.4) is 0 Å². The second-order valence-electron chi connectivity index (χ2n) is 6.09. The van der Waals surface area contributed by atoms with E-state index in [2.05, 4.69) is 10.6 Å². The third kappa shape index (κ3) is 2.97. The van der Waals surface area contributed by atoms with E-state index in [1.807, 2.05) is 0 Å². The Morgan fingerprint density at radius 1 is 1.17 bits per heavy atom. The summed E-state index contributed by atoms with van der Waals surface area (Å²) < 4.78 is 0. The van der Waals surface area contributed by atoms with E-state index in [-0.39, 0.29) is 6.03 Å². The highest BCUT2D eigenvalue weighted by atomic mass is 16.2. The Bertz CT molecular complexity index is 285. The van der Waals surface area contributed by atoms with Crippen LogP contribution in [0.1, 0.15) is 44.9 Å². The molecular formula is C14H27N3O. The normalized spacial score (nSPS) is 25.6. The molecule has 2 rings (SSSR count). The molecule has 104 valence electrons. The third-order valence-corrected chi connectivity index (χ3v) is 4.72. The van der Waals surface area contributed by atoms with E-state index in [4.69, 9.17) is 0 Å². The smallest absolute Gasteiger partial charge is 0.316 e. The van der Waals surface area contributed by atoms with Gasteiger partial charge in [-0.2, -0.15) is 0 Å². The molecule has 18 heavy (non-hydrogen) atoms. The minimum atomic E-state index is -0.00205. The molecule has 1 unspecified atom stereocenters. The molecule has 2 aliphatic rings. The minimum Gasteiger partial charge on any atom is -0.337 e.